The molecule has 7 nitrogen and oxygen atoms in total. The van der Waals surface area contributed by atoms with Crippen molar-refractivity contribution in [2.24, 2.45) is 0 Å². The van der Waals surface area contributed by atoms with E-state index < -0.39 is 0 Å². The topological polar surface area (TPSA) is 103 Å². The molecule has 7 heteroatoms. The second-order valence-electron chi connectivity index (χ2n) is 3.85. The summed E-state index contributed by atoms with van der Waals surface area (Å²) >= 11 is 0. The average molecular weight is 257 g/mol. The van der Waals surface area contributed by atoms with Gasteiger partial charge in [-0.1, -0.05) is 17.3 Å². The van der Waals surface area contributed by atoms with Crippen molar-refractivity contribution in [2.45, 2.75) is 0 Å². The number of anilines is 1. The Morgan fingerprint density at radius 1 is 1.26 bits per heavy atom. The van der Waals surface area contributed by atoms with Crippen molar-refractivity contribution in [3.63, 3.8) is 0 Å². The van der Waals surface area contributed by atoms with Gasteiger partial charge in [0, 0.05) is 0 Å². The molecule has 0 atom stereocenters. The molecular formula is C12H11N5O2. The lowest BCUT2D eigenvalue weighted by atomic mass is 10.0. The Labute approximate surface area is 108 Å². The van der Waals surface area contributed by atoms with E-state index in [0.717, 1.165) is 11.3 Å². The normalized spacial score (nSPS) is 10.6. The maximum absolute atomic E-state index is 5.83. The smallest absolute Gasteiger partial charge is 0.230 e. The van der Waals surface area contributed by atoms with E-state index in [4.69, 9.17) is 15.0 Å². The maximum atomic E-state index is 5.83. The molecule has 0 unspecified atom stereocenters. The summed E-state index contributed by atoms with van der Waals surface area (Å²) in [6.45, 7) is 0. The lowest BCUT2D eigenvalue weighted by Crippen LogP contribution is -1.89. The number of nitrogens with zero attached hydrogens (tertiary/aromatic N) is 3. The van der Waals surface area contributed by atoms with Crippen LogP contribution in [-0.2, 0) is 0 Å². The van der Waals surface area contributed by atoms with Crippen LogP contribution < -0.4 is 10.5 Å². The zero-order chi connectivity index (χ0) is 13.2. The summed E-state index contributed by atoms with van der Waals surface area (Å²) in [6, 6.07) is 7.44. The monoisotopic (exact) mass is 257 g/mol. The molecule has 1 aromatic carbocycles. The molecule has 2 heterocycles. The molecule has 96 valence electrons. The highest BCUT2D eigenvalue weighted by Crippen LogP contribution is 2.35. The van der Waals surface area contributed by atoms with Gasteiger partial charge in [-0.15, -0.1) is 0 Å². The van der Waals surface area contributed by atoms with Gasteiger partial charge in [0.1, 0.15) is 17.1 Å². The van der Waals surface area contributed by atoms with Gasteiger partial charge in [-0.05, 0) is 17.7 Å². The van der Waals surface area contributed by atoms with Crippen molar-refractivity contribution in [3.05, 3.63) is 30.5 Å². The van der Waals surface area contributed by atoms with Gasteiger partial charge in [0.05, 0.1) is 18.9 Å². The van der Waals surface area contributed by atoms with E-state index in [1.807, 2.05) is 24.3 Å². The second-order valence-corrected chi connectivity index (χ2v) is 3.85. The van der Waals surface area contributed by atoms with Crippen molar-refractivity contribution < 1.29 is 9.26 Å². The van der Waals surface area contributed by atoms with Crippen LogP contribution in [0.4, 0.5) is 5.88 Å². The zero-order valence-corrected chi connectivity index (χ0v) is 10.1. The number of aromatic nitrogens is 4. The average Bonchev–Trinajstić information content (AvgIpc) is 3.08. The number of nitrogens with two attached hydrogens (primary N) is 1. The Bertz CT molecular complexity index is 673. The van der Waals surface area contributed by atoms with E-state index in [0.29, 0.717) is 17.0 Å². The molecule has 3 N–H and O–H groups in total. The van der Waals surface area contributed by atoms with E-state index in [9.17, 15) is 0 Å². The first kappa shape index (κ1) is 11.3. The fourth-order valence-electron chi connectivity index (χ4n) is 1.83. The van der Waals surface area contributed by atoms with Gasteiger partial charge in [0.15, 0.2) is 0 Å². The highest BCUT2D eigenvalue weighted by molar-refractivity contribution is 5.85. The van der Waals surface area contributed by atoms with Crippen LogP contribution in [0, 0.1) is 0 Å². The van der Waals surface area contributed by atoms with E-state index in [2.05, 4.69) is 20.6 Å². The minimum absolute atomic E-state index is 0.239. The lowest BCUT2D eigenvalue weighted by Gasteiger charge is -2.03. The molecule has 0 radical (unpaired) electrons. The van der Waals surface area contributed by atoms with Crippen LogP contribution in [0.3, 0.4) is 0 Å². The summed E-state index contributed by atoms with van der Waals surface area (Å²) in [5, 5.41) is 14.2. The SMILES string of the molecule is COc1ccc(-c2c(-c3cn[nH]n3)noc2N)cc1. The summed E-state index contributed by atoms with van der Waals surface area (Å²) in [4.78, 5) is 0. The summed E-state index contributed by atoms with van der Waals surface area (Å²) in [5.41, 5.74) is 8.52. The fraction of sp³-hybridized carbons (Fsp3) is 0.0833. The molecule has 0 saturated carbocycles. The number of nitrogens with one attached hydrogen (secondary N) is 1. The molecule has 0 aliphatic heterocycles. The zero-order valence-electron chi connectivity index (χ0n) is 10.1. The summed E-state index contributed by atoms with van der Waals surface area (Å²) in [7, 11) is 1.61. The molecule has 0 saturated heterocycles. The number of H-pyrrole nitrogens is 1. The Morgan fingerprint density at radius 2 is 2.05 bits per heavy atom. The van der Waals surface area contributed by atoms with E-state index in [1.54, 1.807) is 13.3 Å². The van der Waals surface area contributed by atoms with Crippen molar-refractivity contribution in [1.82, 2.24) is 20.6 Å². The first-order chi connectivity index (χ1) is 9.29. The number of nitrogen functional groups attached to an aromatic ring is 1. The Kier molecular flexibility index (Phi) is 2.64. The largest absolute Gasteiger partial charge is 0.497 e. The second kappa shape index (κ2) is 4.45. The van der Waals surface area contributed by atoms with Crippen LogP contribution in [-0.4, -0.2) is 27.7 Å². The molecule has 0 fully saturated rings. The number of benzene rings is 1. The fourth-order valence-corrected chi connectivity index (χ4v) is 1.83. The molecule has 0 spiro atoms. The minimum Gasteiger partial charge on any atom is -0.497 e. The van der Waals surface area contributed by atoms with Crippen LogP contribution in [0.15, 0.2) is 35.0 Å². The maximum Gasteiger partial charge on any atom is 0.230 e. The predicted molar refractivity (Wildman–Crippen MR) is 68.3 cm³/mol. The van der Waals surface area contributed by atoms with Gasteiger partial charge in [0.25, 0.3) is 0 Å². The van der Waals surface area contributed by atoms with E-state index in [-0.39, 0.29) is 5.88 Å². The van der Waals surface area contributed by atoms with Crippen LogP contribution in [0.5, 0.6) is 5.75 Å². The van der Waals surface area contributed by atoms with Gasteiger partial charge < -0.3 is 15.0 Å². The third-order valence-electron chi connectivity index (χ3n) is 2.75. The first-order valence-electron chi connectivity index (χ1n) is 5.55. The van der Waals surface area contributed by atoms with E-state index >= 15 is 0 Å². The van der Waals surface area contributed by atoms with Crippen LogP contribution >= 0.6 is 0 Å². The van der Waals surface area contributed by atoms with Crippen molar-refractivity contribution in [3.8, 4) is 28.3 Å². The van der Waals surface area contributed by atoms with Gasteiger partial charge in [-0.25, -0.2) is 0 Å². The minimum atomic E-state index is 0.239. The van der Waals surface area contributed by atoms with Crippen LogP contribution in [0.1, 0.15) is 0 Å². The number of aromatic amines is 1. The molecule has 3 rings (SSSR count). The molecule has 0 aliphatic rings. The number of rotatable bonds is 3. The molecular weight excluding hydrogens is 246 g/mol. The Hall–Kier alpha value is -2.83. The molecule has 3 aromatic rings. The third kappa shape index (κ3) is 1.90. The van der Waals surface area contributed by atoms with Crippen molar-refractivity contribution in [1.29, 1.82) is 0 Å². The van der Waals surface area contributed by atoms with Gasteiger partial charge in [-0.2, -0.15) is 15.4 Å². The molecule has 0 bridgehead atoms. The standard InChI is InChI=1S/C12H11N5O2/c1-18-8-4-2-7(3-5-8)10-11(16-19-12(10)13)9-6-14-17-15-9/h2-6H,13H2,1H3,(H,14,15,17). The van der Waals surface area contributed by atoms with E-state index in [1.165, 1.54) is 0 Å². The Balaban J connectivity index is 2.11. The number of methoxy groups -OCH3 is 1. The summed E-state index contributed by atoms with van der Waals surface area (Å²) in [6.07, 6.45) is 1.56. The van der Waals surface area contributed by atoms with Gasteiger partial charge >= 0.3 is 0 Å². The van der Waals surface area contributed by atoms with Crippen LogP contribution in [0.2, 0.25) is 0 Å². The van der Waals surface area contributed by atoms with Gasteiger partial charge in [0.2, 0.25) is 5.88 Å². The third-order valence-corrected chi connectivity index (χ3v) is 2.75. The molecule has 19 heavy (non-hydrogen) atoms. The number of ether oxygens (including phenoxy) is 1. The predicted octanol–water partition coefficient (Wildman–Crippen LogP) is 1.72. The lowest BCUT2D eigenvalue weighted by molar-refractivity contribution is 0.415. The number of hydrogen-bond donors (Lipinski definition) is 2. The number of hydrogen-bond acceptors (Lipinski definition) is 6. The van der Waals surface area contributed by atoms with Crippen molar-refractivity contribution in [2.75, 3.05) is 12.8 Å². The highest BCUT2D eigenvalue weighted by atomic mass is 16.5. The first-order valence-corrected chi connectivity index (χ1v) is 5.55. The summed E-state index contributed by atoms with van der Waals surface area (Å²) < 4.78 is 10.2. The summed E-state index contributed by atoms with van der Waals surface area (Å²) in [5.74, 6) is 1.00. The van der Waals surface area contributed by atoms with Gasteiger partial charge in [-0.3, -0.25) is 0 Å². The van der Waals surface area contributed by atoms with Crippen LogP contribution in [0.25, 0.3) is 22.5 Å². The Morgan fingerprint density at radius 3 is 2.68 bits per heavy atom. The van der Waals surface area contributed by atoms with Crippen molar-refractivity contribution >= 4 is 5.88 Å². The highest BCUT2D eigenvalue weighted by Gasteiger charge is 2.19. The quantitative estimate of drug-likeness (QED) is 0.740. The molecule has 2 aromatic heterocycles. The molecule has 0 aliphatic carbocycles. The molecule has 0 amide bonds.